The van der Waals surface area contributed by atoms with Gasteiger partial charge in [0.15, 0.2) is 5.69 Å². The van der Waals surface area contributed by atoms with E-state index in [0.717, 1.165) is 10.5 Å². The topological polar surface area (TPSA) is 129 Å². The first-order valence-corrected chi connectivity index (χ1v) is 12.0. The van der Waals surface area contributed by atoms with Crippen LogP contribution in [0, 0.1) is 0 Å². The molecule has 0 radical (unpaired) electrons. The van der Waals surface area contributed by atoms with Gasteiger partial charge in [-0.2, -0.15) is 0 Å². The van der Waals surface area contributed by atoms with Gasteiger partial charge in [0.2, 0.25) is 11.6 Å². The van der Waals surface area contributed by atoms with Gasteiger partial charge in [-0.3, -0.25) is 9.69 Å². The van der Waals surface area contributed by atoms with Crippen LogP contribution >= 0.6 is 11.8 Å². The third kappa shape index (κ3) is 5.23. The van der Waals surface area contributed by atoms with Crippen LogP contribution in [0.5, 0.6) is 0 Å². The smallest absolute Gasteiger partial charge is 0.361 e. The quantitative estimate of drug-likeness (QED) is 0.365. The Morgan fingerprint density at radius 3 is 2.69 bits per heavy atom. The minimum Gasteiger partial charge on any atom is -0.472 e. The highest BCUT2D eigenvalue weighted by Crippen LogP contribution is 2.31. The third-order valence-corrected chi connectivity index (χ3v) is 6.51. The minimum atomic E-state index is -0.798. The zero-order chi connectivity index (χ0) is 24.9. The van der Waals surface area contributed by atoms with Crippen LogP contribution in [0.3, 0.4) is 0 Å². The number of nitrogens with zero attached hydrogens (tertiary/aromatic N) is 4. The van der Waals surface area contributed by atoms with Gasteiger partial charge in [-0.25, -0.2) is 14.3 Å². The number of likely N-dealkylation sites (tertiary alicyclic amines) is 1. The predicted octanol–water partition coefficient (Wildman–Crippen LogP) is 2.62. The minimum absolute atomic E-state index is 0.110. The normalized spacial score (nSPS) is 17.8. The highest BCUT2D eigenvalue weighted by Gasteiger charge is 2.41. The number of hydrogen-bond donors (Lipinski definition) is 1. The summed E-state index contributed by atoms with van der Waals surface area (Å²) in [6.07, 6.45) is 5.49. The molecule has 12 heteroatoms. The molecule has 4 rings (SSSR count). The first kappa shape index (κ1) is 24.5. The summed E-state index contributed by atoms with van der Waals surface area (Å²) in [6, 6.07) is 8.46. The summed E-state index contributed by atoms with van der Waals surface area (Å²) in [5.74, 6) is -1.76. The Morgan fingerprint density at radius 2 is 2.00 bits per heavy atom. The largest absolute Gasteiger partial charge is 0.472 e. The number of esters is 2. The second kappa shape index (κ2) is 10.7. The number of ether oxygens (including phenoxy) is 2. The average molecular weight is 500 g/mol. The molecule has 184 valence electrons. The number of rotatable bonds is 8. The van der Waals surface area contributed by atoms with Crippen LogP contribution < -0.4 is 5.32 Å². The lowest BCUT2D eigenvalue weighted by Crippen LogP contribution is -2.39. The monoisotopic (exact) mass is 499 g/mol. The Balaban J connectivity index is 1.63. The Hall–Kier alpha value is -3.64. The summed E-state index contributed by atoms with van der Waals surface area (Å²) in [6.45, 7) is 0.824. The molecule has 3 aromatic rings. The molecular formula is C23H25N5O6S. The molecule has 1 N–H and O–H groups in total. The van der Waals surface area contributed by atoms with E-state index in [4.69, 9.17) is 13.9 Å². The number of methoxy groups -OCH3 is 2. The fourth-order valence-electron chi connectivity index (χ4n) is 4.12. The van der Waals surface area contributed by atoms with Crippen LogP contribution in [0.1, 0.15) is 39.0 Å². The van der Waals surface area contributed by atoms with E-state index in [2.05, 4.69) is 15.6 Å². The summed E-state index contributed by atoms with van der Waals surface area (Å²) >= 11 is 1.58. The molecule has 1 saturated heterocycles. The number of aromatic nitrogens is 3. The number of anilines is 1. The zero-order valence-corrected chi connectivity index (χ0v) is 20.3. The lowest BCUT2D eigenvalue weighted by molar-refractivity contribution is -0.120. The maximum atomic E-state index is 13.4. The van der Waals surface area contributed by atoms with Crippen LogP contribution in [-0.4, -0.2) is 70.8 Å². The van der Waals surface area contributed by atoms with Gasteiger partial charge in [0.25, 0.3) is 0 Å². The Morgan fingerprint density at radius 1 is 1.20 bits per heavy atom. The molecule has 11 nitrogen and oxygen atoms in total. The molecule has 2 atom stereocenters. The Labute approximate surface area is 205 Å². The van der Waals surface area contributed by atoms with E-state index in [-0.39, 0.29) is 17.3 Å². The maximum absolute atomic E-state index is 13.4. The number of thioether (sulfide) groups is 1. The molecule has 0 saturated carbocycles. The summed E-state index contributed by atoms with van der Waals surface area (Å²) in [5.41, 5.74) is 1.25. The zero-order valence-electron chi connectivity index (χ0n) is 19.5. The van der Waals surface area contributed by atoms with Crippen molar-refractivity contribution in [3.63, 3.8) is 0 Å². The maximum Gasteiger partial charge on any atom is 0.361 e. The van der Waals surface area contributed by atoms with E-state index in [1.54, 1.807) is 24.3 Å². The van der Waals surface area contributed by atoms with Crippen LogP contribution in [0.15, 0.2) is 52.2 Å². The summed E-state index contributed by atoms with van der Waals surface area (Å²) in [5, 5.41) is 10.9. The van der Waals surface area contributed by atoms with Gasteiger partial charge < -0.3 is 19.2 Å². The third-order valence-electron chi connectivity index (χ3n) is 5.78. The number of carbonyl (C=O) groups is 3. The van der Waals surface area contributed by atoms with Crippen molar-refractivity contribution in [3.8, 4) is 0 Å². The molecule has 1 aliphatic rings. The highest BCUT2D eigenvalue weighted by molar-refractivity contribution is 7.98. The van der Waals surface area contributed by atoms with Crippen molar-refractivity contribution < 1.29 is 28.3 Å². The Bertz CT molecular complexity index is 1210. The molecule has 0 unspecified atom stereocenters. The average Bonchev–Trinajstić information content (AvgIpc) is 3.63. The second-order valence-corrected chi connectivity index (χ2v) is 8.78. The van der Waals surface area contributed by atoms with Gasteiger partial charge in [0.05, 0.1) is 38.8 Å². The van der Waals surface area contributed by atoms with Crippen molar-refractivity contribution in [2.75, 3.05) is 32.3 Å². The van der Waals surface area contributed by atoms with Crippen LogP contribution in [-0.2, 0) is 20.8 Å². The number of amides is 1. The van der Waals surface area contributed by atoms with Crippen molar-refractivity contribution in [3.05, 3.63) is 59.8 Å². The number of hydrogen-bond acceptors (Lipinski definition) is 10. The lowest BCUT2D eigenvalue weighted by Gasteiger charge is -2.22. The molecule has 0 aliphatic carbocycles. The van der Waals surface area contributed by atoms with Crippen LogP contribution in [0.25, 0.3) is 0 Å². The number of carbonyl (C=O) groups excluding carboxylic acids is 3. The van der Waals surface area contributed by atoms with Gasteiger partial charge in [-0.1, -0.05) is 11.3 Å². The highest BCUT2D eigenvalue weighted by atomic mass is 32.2. The van der Waals surface area contributed by atoms with E-state index >= 15 is 0 Å². The number of nitrogens with one attached hydrogen (secondary N) is 1. The van der Waals surface area contributed by atoms with E-state index in [1.807, 2.05) is 41.5 Å². The van der Waals surface area contributed by atoms with Gasteiger partial charge in [0.1, 0.15) is 0 Å². The van der Waals surface area contributed by atoms with Gasteiger partial charge >= 0.3 is 11.9 Å². The molecular weight excluding hydrogens is 474 g/mol. The second-order valence-electron chi connectivity index (χ2n) is 7.90. The van der Waals surface area contributed by atoms with Crippen molar-refractivity contribution in [1.29, 1.82) is 0 Å². The first-order valence-electron chi connectivity index (χ1n) is 10.8. The number of furan rings is 1. The SMILES string of the molecule is COC(=O)c1nnn([C@H]2C[C@@H](C(=O)Nc3cccc(SC)c3)N(Cc3ccoc3)C2)c1C(=O)OC. The lowest BCUT2D eigenvalue weighted by atomic mass is 10.1. The van der Waals surface area contributed by atoms with Crippen molar-refractivity contribution in [1.82, 2.24) is 19.9 Å². The summed E-state index contributed by atoms with van der Waals surface area (Å²) in [7, 11) is 2.40. The van der Waals surface area contributed by atoms with Gasteiger partial charge in [-0.15, -0.1) is 16.9 Å². The first-order chi connectivity index (χ1) is 16.9. The molecule has 1 fully saturated rings. The van der Waals surface area contributed by atoms with Gasteiger partial charge in [0, 0.05) is 29.2 Å². The molecule has 1 amide bonds. The fraction of sp³-hybridized carbons (Fsp3) is 0.348. The fourth-order valence-corrected chi connectivity index (χ4v) is 4.58. The molecule has 2 aromatic heterocycles. The Kier molecular flexibility index (Phi) is 7.51. The molecule has 1 aromatic carbocycles. The van der Waals surface area contributed by atoms with E-state index in [1.165, 1.54) is 18.9 Å². The number of benzene rings is 1. The van der Waals surface area contributed by atoms with Crippen LogP contribution in [0.2, 0.25) is 0 Å². The molecule has 1 aliphatic heterocycles. The summed E-state index contributed by atoms with van der Waals surface area (Å²) < 4.78 is 16.1. The van der Waals surface area contributed by atoms with E-state index in [0.29, 0.717) is 25.2 Å². The molecule has 3 heterocycles. The van der Waals surface area contributed by atoms with Gasteiger partial charge in [-0.05, 0) is 36.9 Å². The van der Waals surface area contributed by atoms with Crippen molar-refractivity contribution >= 4 is 35.3 Å². The molecule has 0 spiro atoms. The predicted molar refractivity (Wildman–Crippen MR) is 126 cm³/mol. The van der Waals surface area contributed by atoms with E-state index < -0.39 is 24.0 Å². The van der Waals surface area contributed by atoms with Crippen LogP contribution in [0.4, 0.5) is 5.69 Å². The standard InChI is InChI=1S/C23H25N5O6S/c1-32-22(30)19-20(23(31)33-2)28(26-25-19)16-10-18(27(12-16)11-14-7-8-34-13-14)21(29)24-15-5-4-6-17(9-15)35-3/h4-9,13,16,18H,10-12H2,1-3H3,(H,24,29)/t16-,18-/m0/s1. The molecule has 0 bridgehead atoms. The molecule has 35 heavy (non-hydrogen) atoms. The summed E-state index contributed by atoms with van der Waals surface area (Å²) in [4.78, 5) is 41.0. The van der Waals surface area contributed by atoms with E-state index in [9.17, 15) is 14.4 Å². The van der Waals surface area contributed by atoms with Crippen molar-refractivity contribution in [2.24, 2.45) is 0 Å². The van der Waals surface area contributed by atoms with Crippen molar-refractivity contribution in [2.45, 2.75) is 29.9 Å².